The Hall–Kier alpha value is -1.19. The monoisotopic (exact) mass is 117 g/mol. The molecule has 0 aliphatic carbocycles. The van der Waals surface area contributed by atoms with Crippen molar-refractivity contribution in [1.29, 1.82) is 0 Å². The van der Waals surface area contributed by atoms with Crippen molar-refractivity contribution >= 4 is 5.97 Å². The number of rotatable bonds is 1. The zero-order valence-electron chi connectivity index (χ0n) is 4.38. The van der Waals surface area contributed by atoms with Crippen LogP contribution in [-0.4, -0.2) is 16.2 Å². The molecule has 0 aromatic heterocycles. The summed E-state index contributed by atoms with van der Waals surface area (Å²) in [4.78, 5) is 9.80. The molecule has 0 heterocycles. The average molecular weight is 117 g/mol. The number of hydrogen-bond donors (Lipinski definition) is 3. The van der Waals surface area contributed by atoms with Crippen LogP contribution < -0.4 is 5.73 Å². The van der Waals surface area contributed by atoms with Gasteiger partial charge in [0.15, 0.2) is 5.70 Å². The van der Waals surface area contributed by atoms with Gasteiger partial charge in [-0.05, 0) is 6.92 Å². The van der Waals surface area contributed by atoms with Gasteiger partial charge in [-0.25, -0.2) is 4.79 Å². The molecule has 0 saturated carbocycles. The smallest absolute Gasteiger partial charge is 0.355 e. The number of carbonyl (C=O) groups is 1. The van der Waals surface area contributed by atoms with Crippen molar-refractivity contribution in [3.63, 3.8) is 0 Å². The minimum atomic E-state index is -1.30. The van der Waals surface area contributed by atoms with Crippen LogP contribution in [0.25, 0.3) is 0 Å². The molecule has 0 aromatic rings. The van der Waals surface area contributed by atoms with Crippen LogP contribution >= 0.6 is 0 Å². The van der Waals surface area contributed by atoms with E-state index in [9.17, 15) is 4.79 Å². The van der Waals surface area contributed by atoms with E-state index in [1.807, 2.05) is 0 Å². The Morgan fingerprint density at radius 3 is 1.88 bits per heavy atom. The second kappa shape index (κ2) is 2.20. The molecule has 8 heavy (non-hydrogen) atoms. The van der Waals surface area contributed by atoms with Crippen molar-refractivity contribution < 1.29 is 15.0 Å². The molecule has 0 aliphatic rings. The Balaban J connectivity index is 4.23. The molecular weight excluding hydrogens is 110 g/mol. The van der Waals surface area contributed by atoms with Gasteiger partial charge in [-0.3, -0.25) is 0 Å². The third-order valence-corrected chi connectivity index (χ3v) is 0.620. The number of nitrogens with two attached hydrogens (primary N) is 1. The van der Waals surface area contributed by atoms with E-state index in [1.54, 1.807) is 0 Å². The number of hydrogen-bond acceptors (Lipinski definition) is 3. The molecule has 0 unspecified atom stereocenters. The lowest BCUT2D eigenvalue weighted by Gasteiger charge is -1.91. The minimum absolute atomic E-state index is 0.363. The lowest BCUT2D eigenvalue weighted by atomic mass is 10.4. The van der Waals surface area contributed by atoms with E-state index in [0.717, 1.165) is 0 Å². The lowest BCUT2D eigenvalue weighted by Crippen LogP contribution is -2.11. The first-order valence-electron chi connectivity index (χ1n) is 1.94. The third-order valence-electron chi connectivity index (χ3n) is 0.620. The quantitative estimate of drug-likeness (QED) is 0.328. The van der Waals surface area contributed by atoms with Gasteiger partial charge in [0.25, 0.3) is 0 Å². The number of carboxylic acids is 1. The first-order chi connectivity index (χ1) is 3.55. The Kier molecular flexibility index (Phi) is 1.88. The molecule has 0 radical (unpaired) electrons. The summed E-state index contributed by atoms with van der Waals surface area (Å²) in [6.45, 7) is 1.21. The normalized spacial score (nSPS) is 12.6. The predicted octanol–water partition coefficient (Wildman–Crippen LogP) is -0.181. The van der Waals surface area contributed by atoms with Crippen molar-refractivity contribution in [3.8, 4) is 0 Å². The number of aliphatic hydroxyl groups is 1. The lowest BCUT2D eigenvalue weighted by molar-refractivity contribution is -0.132. The Bertz CT molecular complexity index is 134. The molecule has 0 bridgehead atoms. The summed E-state index contributed by atoms with van der Waals surface area (Å²) in [6, 6.07) is 0. The Labute approximate surface area is 46.2 Å². The molecule has 4 heteroatoms. The van der Waals surface area contributed by atoms with E-state index < -0.39 is 11.7 Å². The number of aliphatic carboxylic acids is 1. The topological polar surface area (TPSA) is 83.5 Å². The standard InChI is InChI=1S/C4H7NO3/c1-2(6)3(5)4(7)8/h6H,5H2,1H3,(H,7,8)/b3-2+. The fourth-order valence-electron chi connectivity index (χ4n) is 0.155. The number of allylic oxidation sites excluding steroid dienone is 1. The second-order valence-electron chi connectivity index (χ2n) is 1.30. The maximum atomic E-state index is 9.80. The summed E-state index contributed by atoms with van der Waals surface area (Å²) < 4.78 is 0. The van der Waals surface area contributed by atoms with Crippen molar-refractivity contribution in [3.05, 3.63) is 11.5 Å². The van der Waals surface area contributed by atoms with Gasteiger partial charge in [-0.1, -0.05) is 0 Å². The van der Waals surface area contributed by atoms with Crippen LogP contribution in [0.3, 0.4) is 0 Å². The Morgan fingerprint density at radius 1 is 1.50 bits per heavy atom. The van der Waals surface area contributed by atoms with Crippen LogP contribution in [-0.2, 0) is 4.79 Å². The SMILES string of the molecule is C/C(O)=C(\N)C(=O)O. The van der Waals surface area contributed by atoms with Gasteiger partial charge in [0.2, 0.25) is 0 Å². The predicted molar refractivity (Wildman–Crippen MR) is 27.2 cm³/mol. The largest absolute Gasteiger partial charge is 0.510 e. The van der Waals surface area contributed by atoms with Gasteiger partial charge in [0.05, 0.1) is 0 Å². The molecule has 4 N–H and O–H groups in total. The van der Waals surface area contributed by atoms with Gasteiger partial charge < -0.3 is 15.9 Å². The molecule has 0 spiro atoms. The average Bonchev–Trinajstić information content (AvgIpc) is 1.64. The van der Waals surface area contributed by atoms with E-state index in [1.165, 1.54) is 6.92 Å². The number of aliphatic hydroxyl groups excluding tert-OH is 1. The molecule has 0 rings (SSSR count). The highest BCUT2D eigenvalue weighted by Gasteiger charge is 2.02. The zero-order chi connectivity index (χ0) is 6.73. The zero-order valence-corrected chi connectivity index (χ0v) is 4.38. The maximum absolute atomic E-state index is 9.80. The highest BCUT2D eigenvalue weighted by Crippen LogP contribution is 1.89. The summed E-state index contributed by atoms with van der Waals surface area (Å²) >= 11 is 0. The first-order valence-corrected chi connectivity index (χ1v) is 1.94. The summed E-state index contributed by atoms with van der Waals surface area (Å²) in [5, 5.41) is 16.4. The molecule has 0 amide bonds. The van der Waals surface area contributed by atoms with Crippen molar-refractivity contribution in [2.45, 2.75) is 6.92 Å². The molecule has 0 aliphatic heterocycles. The summed E-state index contributed by atoms with van der Waals surface area (Å²) in [5.41, 5.74) is 4.28. The highest BCUT2D eigenvalue weighted by atomic mass is 16.4. The number of carboxylic acid groups (broad SMARTS) is 1. The van der Waals surface area contributed by atoms with Crippen LogP contribution in [0.4, 0.5) is 0 Å². The van der Waals surface area contributed by atoms with Gasteiger partial charge in [0.1, 0.15) is 5.76 Å². The minimum Gasteiger partial charge on any atom is -0.510 e. The molecule has 0 saturated heterocycles. The van der Waals surface area contributed by atoms with Crippen LogP contribution in [0.2, 0.25) is 0 Å². The van der Waals surface area contributed by atoms with E-state index in [2.05, 4.69) is 0 Å². The van der Waals surface area contributed by atoms with Crippen LogP contribution in [0.1, 0.15) is 6.92 Å². The van der Waals surface area contributed by atoms with Crippen molar-refractivity contribution in [2.75, 3.05) is 0 Å². The van der Waals surface area contributed by atoms with E-state index >= 15 is 0 Å². The molecule has 4 nitrogen and oxygen atoms in total. The molecule has 0 fully saturated rings. The molecule has 0 atom stereocenters. The summed E-state index contributed by atoms with van der Waals surface area (Å²) in [6.07, 6.45) is 0. The van der Waals surface area contributed by atoms with Gasteiger partial charge in [-0.2, -0.15) is 0 Å². The maximum Gasteiger partial charge on any atom is 0.355 e. The summed E-state index contributed by atoms with van der Waals surface area (Å²) in [5.74, 6) is -1.66. The third kappa shape index (κ3) is 1.51. The van der Waals surface area contributed by atoms with Crippen molar-refractivity contribution in [1.82, 2.24) is 0 Å². The molecule has 46 valence electrons. The first kappa shape index (κ1) is 6.81. The van der Waals surface area contributed by atoms with E-state index in [4.69, 9.17) is 15.9 Å². The highest BCUT2D eigenvalue weighted by molar-refractivity contribution is 5.85. The van der Waals surface area contributed by atoms with Crippen LogP contribution in [0.5, 0.6) is 0 Å². The van der Waals surface area contributed by atoms with Crippen molar-refractivity contribution in [2.24, 2.45) is 5.73 Å². The van der Waals surface area contributed by atoms with Gasteiger partial charge in [0, 0.05) is 0 Å². The second-order valence-corrected chi connectivity index (χ2v) is 1.30. The van der Waals surface area contributed by atoms with E-state index in [0.29, 0.717) is 0 Å². The Morgan fingerprint density at radius 2 is 1.88 bits per heavy atom. The fraction of sp³-hybridized carbons (Fsp3) is 0.250. The fourth-order valence-corrected chi connectivity index (χ4v) is 0.155. The van der Waals surface area contributed by atoms with Gasteiger partial charge in [-0.15, -0.1) is 0 Å². The van der Waals surface area contributed by atoms with E-state index in [-0.39, 0.29) is 5.76 Å². The molecule has 0 aromatic carbocycles. The van der Waals surface area contributed by atoms with Crippen LogP contribution in [0, 0.1) is 0 Å². The van der Waals surface area contributed by atoms with Crippen LogP contribution in [0.15, 0.2) is 11.5 Å². The molecular formula is C4H7NO3. The van der Waals surface area contributed by atoms with Gasteiger partial charge >= 0.3 is 5.97 Å². The summed E-state index contributed by atoms with van der Waals surface area (Å²) in [7, 11) is 0.